The van der Waals surface area contributed by atoms with Gasteiger partial charge in [0.25, 0.3) is 0 Å². The number of likely N-dealkylation sites (N-methyl/N-ethyl adjacent to an activating group) is 1. The SMILES string of the molecule is C[NH+]1CCN(S(=O)(=O)c2ccc(-c3nnc([S-])n3-c3ccccc3)cc2)CC1. The molecular formula is C19H21N5O2S2. The lowest BCUT2D eigenvalue weighted by Gasteiger charge is -2.29. The molecular weight excluding hydrogens is 394 g/mol. The van der Waals surface area contributed by atoms with Gasteiger partial charge in [-0.2, -0.15) is 9.40 Å². The van der Waals surface area contributed by atoms with Crippen LogP contribution in [0.2, 0.25) is 0 Å². The highest BCUT2D eigenvalue weighted by molar-refractivity contribution is 7.89. The van der Waals surface area contributed by atoms with E-state index in [2.05, 4.69) is 17.2 Å². The lowest BCUT2D eigenvalue weighted by Crippen LogP contribution is -3.12. The topological polar surface area (TPSA) is 72.5 Å². The van der Waals surface area contributed by atoms with Crippen molar-refractivity contribution in [2.24, 2.45) is 0 Å². The number of hydrogen-bond donors (Lipinski definition) is 1. The first kappa shape index (κ1) is 19.0. The van der Waals surface area contributed by atoms with Gasteiger partial charge in [-0.15, -0.1) is 5.10 Å². The summed E-state index contributed by atoms with van der Waals surface area (Å²) in [6.45, 7) is 2.72. The molecule has 0 spiro atoms. The molecule has 2 heterocycles. The first-order valence-corrected chi connectivity index (χ1v) is 10.9. The molecule has 1 aromatic heterocycles. The number of rotatable bonds is 4. The van der Waals surface area contributed by atoms with Gasteiger partial charge in [-0.3, -0.25) is 4.57 Å². The minimum absolute atomic E-state index is 0.292. The molecule has 28 heavy (non-hydrogen) atoms. The van der Waals surface area contributed by atoms with Crippen molar-refractivity contribution in [2.45, 2.75) is 10.1 Å². The van der Waals surface area contributed by atoms with Crippen LogP contribution >= 0.6 is 0 Å². The largest absolute Gasteiger partial charge is 0.740 e. The zero-order valence-corrected chi connectivity index (χ0v) is 17.1. The normalized spacial score (nSPS) is 16.3. The molecule has 0 radical (unpaired) electrons. The van der Waals surface area contributed by atoms with E-state index in [-0.39, 0.29) is 0 Å². The third-order valence-corrected chi connectivity index (χ3v) is 7.15. The number of hydrogen-bond acceptors (Lipinski definition) is 5. The highest BCUT2D eigenvalue weighted by atomic mass is 32.2. The third-order valence-electron chi connectivity index (χ3n) is 4.97. The van der Waals surface area contributed by atoms with Crippen molar-refractivity contribution in [2.75, 3.05) is 33.2 Å². The minimum Gasteiger partial charge on any atom is -0.740 e. The van der Waals surface area contributed by atoms with Gasteiger partial charge in [0, 0.05) is 16.4 Å². The Bertz CT molecular complexity index is 1060. The van der Waals surface area contributed by atoms with Crippen molar-refractivity contribution in [1.29, 1.82) is 0 Å². The smallest absolute Gasteiger partial charge is 0.243 e. The van der Waals surface area contributed by atoms with Gasteiger partial charge in [-0.25, -0.2) is 8.42 Å². The van der Waals surface area contributed by atoms with Crippen LogP contribution < -0.4 is 4.90 Å². The fourth-order valence-corrected chi connectivity index (χ4v) is 4.97. The van der Waals surface area contributed by atoms with E-state index in [9.17, 15) is 8.42 Å². The van der Waals surface area contributed by atoms with Crippen molar-refractivity contribution >= 4 is 22.7 Å². The molecule has 3 aromatic rings. The molecule has 1 saturated heterocycles. The van der Waals surface area contributed by atoms with Gasteiger partial charge < -0.3 is 17.5 Å². The number of sulfonamides is 1. The fraction of sp³-hybridized carbons (Fsp3) is 0.263. The predicted octanol–water partition coefficient (Wildman–Crippen LogP) is 0.359. The second kappa shape index (κ2) is 7.59. The molecule has 0 saturated carbocycles. The Kier molecular flexibility index (Phi) is 5.15. The summed E-state index contributed by atoms with van der Waals surface area (Å²) < 4.78 is 29.1. The molecule has 7 nitrogen and oxygen atoms in total. The lowest BCUT2D eigenvalue weighted by atomic mass is 10.2. The van der Waals surface area contributed by atoms with Gasteiger partial charge in [-0.05, 0) is 36.4 Å². The quantitative estimate of drug-likeness (QED) is 0.623. The van der Waals surface area contributed by atoms with Crippen LogP contribution in [-0.2, 0) is 22.7 Å². The zero-order valence-electron chi connectivity index (χ0n) is 15.4. The van der Waals surface area contributed by atoms with E-state index in [0.717, 1.165) is 24.3 Å². The third kappa shape index (κ3) is 3.53. The molecule has 1 aliphatic heterocycles. The molecule has 0 unspecified atom stereocenters. The van der Waals surface area contributed by atoms with Gasteiger partial charge in [0.05, 0.1) is 38.1 Å². The average molecular weight is 416 g/mol. The number of piperazine rings is 1. The van der Waals surface area contributed by atoms with E-state index < -0.39 is 10.0 Å². The van der Waals surface area contributed by atoms with Crippen LogP contribution in [-0.4, -0.2) is 60.7 Å². The van der Waals surface area contributed by atoms with Gasteiger partial charge in [-0.1, -0.05) is 18.2 Å². The van der Waals surface area contributed by atoms with Crippen LogP contribution in [0, 0.1) is 0 Å². The zero-order chi connectivity index (χ0) is 19.7. The first-order valence-electron chi connectivity index (χ1n) is 9.06. The maximum atomic E-state index is 12.9. The summed E-state index contributed by atoms with van der Waals surface area (Å²) >= 11 is 5.32. The van der Waals surface area contributed by atoms with Crippen LogP contribution in [0.25, 0.3) is 17.1 Å². The summed E-state index contributed by atoms with van der Waals surface area (Å²) in [6.07, 6.45) is 0. The van der Waals surface area contributed by atoms with Crippen molar-refractivity contribution in [3.8, 4) is 17.1 Å². The highest BCUT2D eigenvalue weighted by Gasteiger charge is 2.29. The van der Waals surface area contributed by atoms with E-state index >= 15 is 0 Å². The molecule has 0 bridgehead atoms. The van der Waals surface area contributed by atoms with Crippen LogP contribution in [0.1, 0.15) is 0 Å². The summed E-state index contributed by atoms with van der Waals surface area (Å²) in [5.41, 5.74) is 1.62. The number of benzene rings is 2. The molecule has 4 rings (SSSR count). The number of nitrogens with zero attached hydrogens (tertiary/aromatic N) is 4. The van der Waals surface area contributed by atoms with E-state index in [0.29, 0.717) is 29.0 Å². The summed E-state index contributed by atoms with van der Waals surface area (Å²) in [5.74, 6) is 0.586. The van der Waals surface area contributed by atoms with E-state index in [1.165, 1.54) is 4.90 Å². The van der Waals surface area contributed by atoms with Gasteiger partial charge in [0.15, 0.2) is 5.82 Å². The van der Waals surface area contributed by atoms with Crippen LogP contribution in [0.3, 0.4) is 0 Å². The summed E-state index contributed by atoms with van der Waals surface area (Å²) in [7, 11) is -1.41. The summed E-state index contributed by atoms with van der Waals surface area (Å²) in [5, 5.41) is 8.58. The maximum absolute atomic E-state index is 12.9. The standard InChI is InChI=1S/C19H21N5O2S2/c1-22-11-13-23(14-12-22)28(25,26)17-9-7-15(8-10-17)18-20-21-19(27)24(18)16-5-3-2-4-6-16/h2-10H,11-14H2,1H3,(H,21,27). The van der Waals surface area contributed by atoms with E-state index in [1.807, 2.05) is 30.3 Å². The number of nitrogens with one attached hydrogen (secondary N) is 1. The molecule has 1 fully saturated rings. The highest BCUT2D eigenvalue weighted by Crippen LogP contribution is 2.25. The first-order chi connectivity index (χ1) is 13.5. The summed E-state index contributed by atoms with van der Waals surface area (Å²) in [6, 6.07) is 16.4. The average Bonchev–Trinajstić information content (AvgIpc) is 3.10. The Morgan fingerprint density at radius 2 is 1.61 bits per heavy atom. The molecule has 1 N–H and O–H groups in total. The van der Waals surface area contributed by atoms with Gasteiger partial charge >= 0.3 is 0 Å². The number of aromatic nitrogens is 3. The second-order valence-electron chi connectivity index (χ2n) is 6.86. The lowest BCUT2D eigenvalue weighted by molar-refractivity contribution is -0.883. The van der Waals surface area contributed by atoms with Crippen LogP contribution in [0.4, 0.5) is 0 Å². The van der Waals surface area contributed by atoms with Crippen LogP contribution in [0.15, 0.2) is 64.6 Å². The Morgan fingerprint density at radius 3 is 2.25 bits per heavy atom. The van der Waals surface area contributed by atoms with Crippen molar-refractivity contribution in [3.63, 3.8) is 0 Å². The summed E-state index contributed by atoms with van der Waals surface area (Å²) in [4.78, 5) is 1.64. The van der Waals surface area contributed by atoms with Gasteiger partial charge in [0.2, 0.25) is 10.0 Å². The number of para-hydroxylation sites is 1. The predicted molar refractivity (Wildman–Crippen MR) is 108 cm³/mol. The monoisotopic (exact) mass is 415 g/mol. The molecule has 0 amide bonds. The Balaban J connectivity index is 1.65. The van der Waals surface area contributed by atoms with Gasteiger partial charge in [0.1, 0.15) is 0 Å². The number of quaternary nitrogens is 1. The molecule has 0 atom stereocenters. The molecule has 2 aromatic carbocycles. The Labute approximate surface area is 170 Å². The van der Waals surface area contributed by atoms with Crippen molar-refractivity contribution in [1.82, 2.24) is 19.1 Å². The van der Waals surface area contributed by atoms with Crippen molar-refractivity contribution in [3.05, 3.63) is 54.6 Å². The van der Waals surface area contributed by atoms with E-state index in [1.54, 1.807) is 33.1 Å². The fourth-order valence-electron chi connectivity index (χ4n) is 3.30. The minimum atomic E-state index is -3.48. The maximum Gasteiger partial charge on any atom is 0.243 e. The Morgan fingerprint density at radius 1 is 0.964 bits per heavy atom. The molecule has 0 aliphatic carbocycles. The molecule has 9 heteroatoms. The molecule has 146 valence electrons. The second-order valence-corrected chi connectivity index (χ2v) is 9.17. The van der Waals surface area contributed by atoms with Crippen LogP contribution in [0.5, 0.6) is 0 Å². The Hall–Kier alpha value is -2.33. The van der Waals surface area contributed by atoms with Crippen molar-refractivity contribution < 1.29 is 13.3 Å². The molecule has 1 aliphatic rings. The van der Waals surface area contributed by atoms with E-state index in [4.69, 9.17) is 12.6 Å².